The van der Waals surface area contributed by atoms with Gasteiger partial charge in [-0.15, -0.1) is 0 Å². The summed E-state index contributed by atoms with van der Waals surface area (Å²) < 4.78 is 25.6. The molecule has 0 unspecified atom stereocenters. The third kappa shape index (κ3) is 24.0. The fraction of sp³-hybridized carbons (Fsp3) is 0.917. The highest BCUT2D eigenvalue weighted by molar-refractivity contribution is 7.46. The van der Waals surface area contributed by atoms with Gasteiger partial charge in [0, 0.05) is 12.8 Å². The first-order valence-corrected chi connectivity index (χ1v) is 14.4. The molecule has 0 aromatic rings. The lowest BCUT2D eigenvalue weighted by Gasteiger charge is -2.18. The molecule has 8 nitrogen and oxygen atoms in total. The van der Waals surface area contributed by atoms with Crippen molar-refractivity contribution in [1.82, 2.24) is 0 Å². The predicted octanol–water partition coefficient (Wildman–Crippen LogP) is 6.22. The van der Waals surface area contributed by atoms with Crippen molar-refractivity contribution >= 4 is 19.8 Å². The SMILES string of the molecule is CCCCCCCCCCCCCCCC(=O)OC[C@H](COP(=O)(O)O)OC(=O)CCCC. The smallest absolute Gasteiger partial charge is 0.462 e. The van der Waals surface area contributed by atoms with Crippen molar-refractivity contribution in [1.29, 1.82) is 0 Å². The molecule has 0 aromatic heterocycles. The molecule has 33 heavy (non-hydrogen) atoms. The van der Waals surface area contributed by atoms with E-state index in [1.54, 1.807) is 0 Å². The molecule has 2 N–H and O–H groups in total. The van der Waals surface area contributed by atoms with Crippen molar-refractivity contribution in [3.05, 3.63) is 0 Å². The first-order valence-electron chi connectivity index (χ1n) is 12.8. The summed E-state index contributed by atoms with van der Waals surface area (Å²) in [6.45, 7) is 3.35. The van der Waals surface area contributed by atoms with E-state index in [1.165, 1.54) is 64.2 Å². The van der Waals surface area contributed by atoms with E-state index in [4.69, 9.17) is 19.3 Å². The van der Waals surface area contributed by atoms with Crippen molar-refractivity contribution < 1.29 is 37.9 Å². The number of hydrogen-bond donors (Lipinski definition) is 2. The van der Waals surface area contributed by atoms with Gasteiger partial charge in [-0.05, 0) is 12.8 Å². The van der Waals surface area contributed by atoms with Crippen LogP contribution >= 0.6 is 7.82 Å². The van der Waals surface area contributed by atoms with Gasteiger partial charge in [0.1, 0.15) is 6.61 Å². The number of hydrogen-bond acceptors (Lipinski definition) is 6. The minimum Gasteiger partial charge on any atom is -0.462 e. The van der Waals surface area contributed by atoms with Crippen LogP contribution < -0.4 is 0 Å². The summed E-state index contributed by atoms with van der Waals surface area (Å²) in [4.78, 5) is 41.4. The zero-order valence-electron chi connectivity index (χ0n) is 20.8. The highest BCUT2D eigenvalue weighted by atomic mass is 31.2. The van der Waals surface area contributed by atoms with E-state index < -0.39 is 32.5 Å². The molecular formula is C24H47O8P. The average molecular weight is 495 g/mol. The van der Waals surface area contributed by atoms with Gasteiger partial charge < -0.3 is 19.3 Å². The van der Waals surface area contributed by atoms with Crippen LogP contribution in [0.25, 0.3) is 0 Å². The van der Waals surface area contributed by atoms with Gasteiger partial charge in [-0.25, -0.2) is 4.57 Å². The Morgan fingerprint density at radius 2 is 1.12 bits per heavy atom. The summed E-state index contributed by atoms with van der Waals surface area (Å²) in [5.41, 5.74) is 0. The second-order valence-electron chi connectivity index (χ2n) is 8.68. The first-order chi connectivity index (χ1) is 15.8. The largest absolute Gasteiger partial charge is 0.469 e. The van der Waals surface area contributed by atoms with Crippen LogP contribution in [0.5, 0.6) is 0 Å². The quantitative estimate of drug-likeness (QED) is 0.0975. The summed E-state index contributed by atoms with van der Waals surface area (Å²) in [5, 5.41) is 0. The molecule has 0 saturated carbocycles. The minimum atomic E-state index is -4.71. The zero-order valence-corrected chi connectivity index (χ0v) is 21.7. The number of ether oxygens (including phenoxy) is 2. The number of phosphoric acid groups is 1. The molecule has 0 heterocycles. The molecular weight excluding hydrogens is 447 g/mol. The molecule has 0 amide bonds. The summed E-state index contributed by atoms with van der Waals surface area (Å²) in [6.07, 6.45) is 16.7. The summed E-state index contributed by atoms with van der Waals surface area (Å²) >= 11 is 0. The fourth-order valence-corrected chi connectivity index (χ4v) is 3.77. The molecule has 9 heteroatoms. The summed E-state index contributed by atoms with van der Waals surface area (Å²) in [5.74, 6) is -0.924. The van der Waals surface area contributed by atoms with Crippen molar-refractivity contribution in [3.63, 3.8) is 0 Å². The van der Waals surface area contributed by atoms with E-state index in [2.05, 4.69) is 11.4 Å². The molecule has 0 aliphatic carbocycles. The number of unbranched alkanes of at least 4 members (excludes halogenated alkanes) is 13. The van der Waals surface area contributed by atoms with Gasteiger partial charge in [0.05, 0.1) is 6.61 Å². The van der Waals surface area contributed by atoms with E-state index in [1.807, 2.05) is 6.92 Å². The number of rotatable bonds is 23. The highest BCUT2D eigenvalue weighted by Crippen LogP contribution is 2.35. The standard InChI is InChI=1S/C24H47O8P/c1-3-5-7-8-9-10-11-12-13-14-15-16-17-19-23(25)30-20-22(21-31-33(27,28)29)32-24(26)18-6-4-2/h22H,3-21H2,1-2H3,(H2,27,28,29)/t22-/m1/s1. The van der Waals surface area contributed by atoms with Gasteiger partial charge in [-0.1, -0.05) is 97.3 Å². The lowest BCUT2D eigenvalue weighted by Crippen LogP contribution is -2.29. The third-order valence-electron chi connectivity index (χ3n) is 5.38. The van der Waals surface area contributed by atoms with Crippen LogP contribution in [-0.2, 0) is 28.2 Å². The maximum atomic E-state index is 12.0. The van der Waals surface area contributed by atoms with Gasteiger partial charge in [0.2, 0.25) is 0 Å². The van der Waals surface area contributed by atoms with Crippen LogP contribution in [-0.4, -0.2) is 41.0 Å². The minimum absolute atomic E-state index is 0.190. The van der Waals surface area contributed by atoms with Crippen LogP contribution in [0.2, 0.25) is 0 Å². The Morgan fingerprint density at radius 3 is 1.61 bits per heavy atom. The topological polar surface area (TPSA) is 119 Å². The molecule has 0 aliphatic heterocycles. The van der Waals surface area contributed by atoms with Gasteiger partial charge >= 0.3 is 19.8 Å². The molecule has 0 bridgehead atoms. The predicted molar refractivity (Wildman–Crippen MR) is 129 cm³/mol. The Balaban J connectivity index is 3.85. The molecule has 1 atom stereocenters. The number of phosphoric ester groups is 1. The summed E-state index contributed by atoms with van der Waals surface area (Å²) in [6, 6.07) is 0. The van der Waals surface area contributed by atoms with Crippen molar-refractivity contribution in [2.45, 2.75) is 129 Å². The summed E-state index contributed by atoms with van der Waals surface area (Å²) in [7, 11) is -4.71. The third-order valence-corrected chi connectivity index (χ3v) is 5.86. The maximum absolute atomic E-state index is 12.0. The molecule has 0 radical (unpaired) electrons. The normalized spacial score (nSPS) is 12.5. The van der Waals surface area contributed by atoms with Crippen LogP contribution in [0, 0.1) is 0 Å². The van der Waals surface area contributed by atoms with Crippen molar-refractivity contribution in [2.75, 3.05) is 13.2 Å². The average Bonchev–Trinajstić information content (AvgIpc) is 2.76. The van der Waals surface area contributed by atoms with E-state index in [-0.39, 0.29) is 19.4 Å². The second kappa shape index (κ2) is 21.6. The second-order valence-corrected chi connectivity index (χ2v) is 9.92. The fourth-order valence-electron chi connectivity index (χ4n) is 3.41. The monoisotopic (exact) mass is 494 g/mol. The molecule has 0 fully saturated rings. The lowest BCUT2D eigenvalue weighted by atomic mass is 10.0. The molecule has 0 aromatic carbocycles. The molecule has 196 valence electrons. The van der Waals surface area contributed by atoms with Crippen LogP contribution in [0.3, 0.4) is 0 Å². The Bertz CT molecular complexity index is 535. The Labute approximate surface area is 200 Å². The lowest BCUT2D eigenvalue weighted by molar-refractivity contribution is -0.161. The van der Waals surface area contributed by atoms with Gasteiger partial charge in [-0.2, -0.15) is 0 Å². The van der Waals surface area contributed by atoms with E-state index in [0.717, 1.165) is 25.7 Å². The Hall–Kier alpha value is -0.950. The zero-order chi connectivity index (χ0) is 24.8. The maximum Gasteiger partial charge on any atom is 0.469 e. The molecule has 0 aliphatic rings. The van der Waals surface area contributed by atoms with Crippen molar-refractivity contribution in [3.8, 4) is 0 Å². The molecule has 0 saturated heterocycles. The van der Waals surface area contributed by atoms with E-state index in [0.29, 0.717) is 6.42 Å². The molecule has 0 spiro atoms. The van der Waals surface area contributed by atoms with Gasteiger partial charge in [0.25, 0.3) is 0 Å². The first kappa shape index (κ1) is 32.0. The van der Waals surface area contributed by atoms with E-state index in [9.17, 15) is 14.2 Å². The van der Waals surface area contributed by atoms with Gasteiger partial charge in [0.15, 0.2) is 6.10 Å². The van der Waals surface area contributed by atoms with Crippen molar-refractivity contribution in [2.24, 2.45) is 0 Å². The van der Waals surface area contributed by atoms with Gasteiger partial charge in [-0.3, -0.25) is 14.1 Å². The van der Waals surface area contributed by atoms with E-state index >= 15 is 0 Å². The number of carbonyl (C=O) groups is 2. The van der Waals surface area contributed by atoms with Crippen LogP contribution in [0.1, 0.15) is 123 Å². The Kier molecular flexibility index (Phi) is 21.0. The number of carbonyl (C=O) groups excluding carboxylic acids is 2. The van der Waals surface area contributed by atoms with Crippen LogP contribution in [0.15, 0.2) is 0 Å². The van der Waals surface area contributed by atoms with Crippen LogP contribution in [0.4, 0.5) is 0 Å². The number of esters is 2. The molecule has 0 rings (SSSR count). The Morgan fingerprint density at radius 1 is 0.667 bits per heavy atom. The highest BCUT2D eigenvalue weighted by Gasteiger charge is 2.22.